The van der Waals surface area contributed by atoms with Crippen molar-refractivity contribution in [3.63, 3.8) is 0 Å². The molecule has 90 heavy (non-hydrogen) atoms. The van der Waals surface area contributed by atoms with E-state index in [1.54, 1.807) is 11.1 Å². The highest BCUT2D eigenvalue weighted by atomic mass is 15.1. The summed E-state index contributed by atoms with van der Waals surface area (Å²) >= 11 is 0. The average molecular weight is 1150 g/mol. The van der Waals surface area contributed by atoms with Gasteiger partial charge in [0.15, 0.2) is 0 Å². The van der Waals surface area contributed by atoms with Crippen LogP contribution in [-0.2, 0) is 10.8 Å². The summed E-state index contributed by atoms with van der Waals surface area (Å²) in [6.45, 7) is 0. The van der Waals surface area contributed by atoms with Crippen molar-refractivity contribution in [2.45, 2.75) is 42.9 Å². The molecule has 20 rings (SSSR count). The van der Waals surface area contributed by atoms with Crippen LogP contribution < -0.4 is 4.90 Å². The van der Waals surface area contributed by atoms with Crippen LogP contribution in [0.2, 0.25) is 0 Å². The Morgan fingerprint density at radius 3 is 1.00 bits per heavy atom. The number of hydrogen-bond donors (Lipinski definition) is 0. The molecule has 0 radical (unpaired) electrons. The van der Waals surface area contributed by atoms with E-state index in [9.17, 15) is 0 Å². The first-order valence-corrected chi connectivity index (χ1v) is 32.7. The minimum atomic E-state index is -0.657. The molecule has 13 aromatic carbocycles. The summed E-state index contributed by atoms with van der Waals surface area (Å²) in [5.74, 6) is 3.03. The van der Waals surface area contributed by atoms with Crippen LogP contribution in [-0.4, -0.2) is 0 Å². The van der Waals surface area contributed by atoms with E-state index in [1.165, 1.54) is 160 Å². The fraction of sp³-hybridized carbons (Fsp3) is 0.124. The summed E-state index contributed by atoms with van der Waals surface area (Å²) in [7, 11) is 0. The fourth-order valence-corrected chi connectivity index (χ4v) is 18.7. The van der Waals surface area contributed by atoms with Gasteiger partial charge in [0.05, 0.1) is 5.41 Å². The summed E-state index contributed by atoms with van der Waals surface area (Å²) < 4.78 is 0. The molecule has 13 aromatic rings. The molecule has 2 spiro atoms. The molecule has 4 bridgehead atoms. The molecule has 4 saturated carbocycles. The molecule has 0 unspecified atom stereocenters. The van der Waals surface area contributed by atoms with Gasteiger partial charge < -0.3 is 4.90 Å². The molecule has 0 heterocycles. The van der Waals surface area contributed by atoms with Gasteiger partial charge in [0.2, 0.25) is 0 Å². The van der Waals surface area contributed by atoms with Gasteiger partial charge in [-0.05, 0) is 256 Å². The number of benzene rings is 13. The van der Waals surface area contributed by atoms with Crippen LogP contribution in [0.5, 0.6) is 0 Å². The van der Waals surface area contributed by atoms with Gasteiger partial charge in [0, 0.05) is 22.5 Å². The summed E-state index contributed by atoms with van der Waals surface area (Å²) in [6.07, 6.45) is 6.82. The summed E-state index contributed by atoms with van der Waals surface area (Å²) in [5, 5.41) is 0. The maximum Gasteiger partial charge on any atom is 0.0726 e. The maximum absolute atomic E-state index is 2.68. The molecule has 7 aliphatic carbocycles. The van der Waals surface area contributed by atoms with Gasteiger partial charge in [-0.3, -0.25) is 0 Å². The van der Waals surface area contributed by atoms with Crippen molar-refractivity contribution in [1.29, 1.82) is 0 Å². The Hall–Kier alpha value is -10.3. The first-order valence-electron chi connectivity index (χ1n) is 32.7. The minimum Gasteiger partial charge on any atom is -0.310 e. The third-order valence-electron chi connectivity index (χ3n) is 22.3. The third-order valence-corrected chi connectivity index (χ3v) is 22.3. The smallest absolute Gasteiger partial charge is 0.0726 e. The standard InChI is InChI=1S/C89H65N/c1-4-17-59(18-5-1)63-23-14-26-66(50-63)62-33-37-73(38-34-62)90(74-39-43-80-76-29-10-12-31-82(76)88(86(80)55-74)71-46-57-45-58(48-71)49-72(88)47-57)75-40-44-81-77-30-11-13-32-83(77)89(87(81)56-75)84-53-69(67-27-15-24-64(51-67)60-19-6-2-7-20-60)35-41-78(84)79-42-36-70(54-85(79)89)68-28-16-25-65(52-68)61-21-8-3-9-22-61/h1-44,50-58,71-72H,45-49H2. The second kappa shape index (κ2) is 20.1. The second-order valence-electron chi connectivity index (χ2n) is 26.7. The van der Waals surface area contributed by atoms with Crippen LogP contribution in [0.1, 0.15) is 65.5 Å². The number of nitrogens with zero attached hydrogens (tertiary/aromatic N) is 1. The maximum atomic E-state index is 2.68. The lowest BCUT2D eigenvalue weighted by atomic mass is 9.43. The van der Waals surface area contributed by atoms with Crippen LogP contribution in [0, 0.1) is 23.7 Å². The normalized spacial score (nSPS) is 19.5. The molecular weight excluding hydrogens is 1080 g/mol. The molecule has 0 aliphatic heterocycles. The Kier molecular flexibility index (Phi) is 11.5. The lowest BCUT2D eigenvalue weighted by Crippen LogP contribution is -2.55. The highest BCUT2D eigenvalue weighted by Gasteiger charge is 2.62. The lowest BCUT2D eigenvalue weighted by molar-refractivity contribution is -0.0399. The SMILES string of the molecule is c1ccc(-c2cccc(-c3ccc(N(c4ccc5c(c4)C4(c6ccccc6-5)c5cc(-c6cccc(-c7ccccc7)c6)ccc5-c5ccc(-c6cccc(-c7ccccc7)c6)cc54)c4ccc5c(c4)C4(c6ccccc6-5)C5CC6CC(C5)CC4C6)cc3)c2)cc1. The predicted octanol–water partition coefficient (Wildman–Crippen LogP) is 23.2. The molecule has 7 aliphatic rings. The van der Waals surface area contributed by atoms with Crippen LogP contribution in [0.4, 0.5) is 17.1 Å². The molecule has 1 nitrogen and oxygen atoms in total. The number of anilines is 3. The van der Waals surface area contributed by atoms with Crippen molar-refractivity contribution in [2.75, 3.05) is 4.90 Å². The van der Waals surface area contributed by atoms with E-state index in [0.29, 0.717) is 11.8 Å². The number of hydrogen-bond acceptors (Lipinski definition) is 1. The molecule has 0 amide bonds. The van der Waals surface area contributed by atoms with Gasteiger partial charge >= 0.3 is 0 Å². The largest absolute Gasteiger partial charge is 0.310 e. The summed E-state index contributed by atoms with van der Waals surface area (Å²) in [4.78, 5) is 2.61. The lowest BCUT2D eigenvalue weighted by Gasteiger charge is -2.61. The van der Waals surface area contributed by atoms with Crippen LogP contribution in [0.15, 0.2) is 309 Å². The summed E-state index contributed by atoms with van der Waals surface area (Å²) in [5.41, 5.74) is 33.9. The van der Waals surface area contributed by atoms with E-state index in [0.717, 1.165) is 23.2 Å². The zero-order valence-corrected chi connectivity index (χ0v) is 50.2. The highest BCUT2D eigenvalue weighted by Crippen LogP contribution is 2.70. The Labute approximate surface area is 528 Å². The molecule has 4 fully saturated rings. The van der Waals surface area contributed by atoms with E-state index in [-0.39, 0.29) is 5.41 Å². The topological polar surface area (TPSA) is 3.24 Å². The third kappa shape index (κ3) is 7.69. The van der Waals surface area contributed by atoms with E-state index in [2.05, 4.69) is 314 Å². The average Bonchev–Trinajstić information content (AvgIpc) is 1.50. The van der Waals surface area contributed by atoms with Gasteiger partial charge in [-0.1, -0.05) is 243 Å². The van der Waals surface area contributed by atoms with Crippen LogP contribution in [0.3, 0.4) is 0 Å². The highest BCUT2D eigenvalue weighted by molar-refractivity contribution is 5.99. The van der Waals surface area contributed by atoms with E-state index >= 15 is 0 Å². The Bertz CT molecular complexity index is 4850. The van der Waals surface area contributed by atoms with Crippen molar-refractivity contribution < 1.29 is 0 Å². The minimum absolute atomic E-state index is 0.0200. The van der Waals surface area contributed by atoms with Gasteiger partial charge in [0.1, 0.15) is 0 Å². The molecule has 0 aromatic heterocycles. The fourth-order valence-electron chi connectivity index (χ4n) is 18.7. The Morgan fingerprint density at radius 2 is 0.522 bits per heavy atom. The number of rotatable bonds is 9. The Balaban J connectivity index is 0.831. The molecule has 426 valence electrons. The number of fused-ring (bicyclic) bond motifs is 13. The van der Waals surface area contributed by atoms with Crippen molar-refractivity contribution >= 4 is 17.1 Å². The zero-order valence-electron chi connectivity index (χ0n) is 50.2. The van der Waals surface area contributed by atoms with Crippen molar-refractivity contribution in [3.05, 3.63) is 343 Å². The van der Waals surface area contributed by atoms with E-state index in [1.807, 2.05) is 0 Å². The molecular formula is C89H65N. The summed E-state index contributed by atoms with van der Waals surface area (Å²) in [6, 6.07) is 118. The first-order chi connectivity index (χ1) is 44.5. The second-order valence-corrected chi connectivity index (χ2v) is 26.7. The monoisotopic (exact) mass is 1150 g/mol. The van der Waals surface area contributed by atoms with E-state index < -0.39 is 5.41 Å². The van der Waals surface area contributed by atoms with Crippen LogP contribution in [0.25, 0.3) is 100 Å². The first kappa shape index (κ1) is 51.7. The van der Waals surface area contributed by atoms with Crippen LogP contribution >= 0.6 is 0 Å². The molecule has 0 N–H and O–H groups in total. The van der Waals surface area contributed by atoms with Gasteiger partial charge in [0.25, 0.3) is 0 Å². The van der Waals surface area contributed by atoms with E-state index in [4.69, 9.17) is 0 Å². The van der Waals surface area contributed by atoms with Crippen molar-refractivity contribution in [3.8, 4) is 100 Å². The quantitative estimate of drug-likeness (QED) is 0.139. The van der Waals surface area contributed by atoms with Gasteiger partial charge in [-0.25, -0.2) is 0 Å². The van der Waals surface area contributed by atoms with Gasteiger partial charge in [-0.15, -0.1) is 0 Å². The van der Waals surface area contributed by atoms with Crippen molar-refractivity contribution in [1.82, 2.24) is 0 Å². The molecule has 1 heteroatoms. The zero-order chi connectivity index (χ0) is 59.1. The predicted molar refractivity (Wildman–Crippen MR) is 373 cm³/mol. The molecule has 0 atom stereocenters. The molecule has 0 saturated heterocycles. The Morgan fingerprint density at radius 1 is 0.211 bits per heavy atom. The van der Waals surface area contributed by atoms with Crippen molar-refractivity contribution in [2.24, 2.45) is 23.7 Å². The van der Waals surface area contributed by atoms with Gasteiger partial charge in [-0.2, -0.15) is 0 Å².